The molecule has 1 aromatic heterocycles. The number of hydrogen-bond acceptors (Lipinski definition) is 9. The molecule has 1 heterocycles. The summed E-state index contributed by atoms with van der Waals surface area (Å²) < 4.78 is 0. The van der Waals surface area contributed by atoms with Crippen LogP contribution in [0, 0.1) is 0 Å². The number of amides is 3. The average Bonchev–Trinajstić information content (AvgIpc) is 3.25. The van der Waals surface area contributed by atoms with Crippen LogP contribution in [-0.2, 0) is 30.4 Å². The first kappa shape index (κ1) is 27.3. The Bertz CT molecular complexity index is 807. The first-order valence-electron chi connectivity index (χ1n) is 9.39. The fraction of sp³-hybridized carbons (Fsp3) is 0.529. The van der Waals surface area contributed by atoms with Gasteiger partial charge in [0, 0.05) is 36.2 Å². The van der Waals surface area contributed by atoms with Gasteiger partial charge < -0.3 is 36.9 Å². The minimum atomic E-state index is -1.29. The highest BCUT2D eigenvalue weighted by atomic mass is 32.1. The van der Waals surface area contributed by atoms with E-state index in [4.69, 9.17) is 15.9 Å². The molecule has 15 heteroatoms. The number of nitrogens with one attached hydrogen (secondary N) is 4. The van der Waals surface area contributed by atoms with E-state index >= 15 is 0 Å². The quantitative estimate of drug-likeness (QED) is 0.126. The van der Waals surface area contributed by atoms with Crippen LogP contribution < -0.4 is 21.7 Å². The van der Waals surface area contributed by atoms with Gasteiger partial charge in [-0.1, -0.05) is 0 Å². The van der Waals surface area contributed by atoms with Crippen molar-refractivity contribution in [2.45, 2.75) is 43.4 Å². The van der Waals surface area contributed by atoms with Gasteiger partial charge >= 0.3 is 11.9 Å². The Morgan fingerprint density at radius 1 is 0.969 bits per heavy atom. The van der Waals surface area contributed by atoms with Gasteiger partial charge in [-0.3, -0.25) is 19.2 Å². The zero-order valence-electron chi connectivity index (χ0n) is 16.9. The van der Waals surface area contributed by atoms with E-state index in [0.717, 1.165) is 0 Å². The Balaban J connectivity index is 2.89. The molecule has 0 fully saturated rings. The highest BCUT2D eigenvalue weighted by Crippen LogP contribution is 2.03. The summed E-state index contributed by atoms with van der Waals surface area (Å²) in [6.07, 6.45) is 2.31. The fourth-order valence-electron chi connectivity index (χ4n) is 2.44. The number of aromatic amines is 1. The Kier molecular flexibility index (Phi) is 11.6. The molecule has 4 atom stereocenters. The van der Waals surface area contributed by atoms with E-state index in [2.05, 4.69) is 51.2 Å². The lowest BCUT2D eigenvalue weighted by molar-refractivity contribution is -0.141. The maximum Gasteiger partial charge on any atom is 0.327 e. The van der Waals surface area contributed by atoms with Gasteiger partial charge in [-0.05, 0) is 6.42 Å². The molecule has 4 unspecified atom stereocenters. The number of carbonyl (C=O) groups is 5. The number of carbonyl (C=O) groups excluding carboxylic acids is 3. The number of aromatic nitrogens is 2. The predicted molar refractivity (Wildman–Crippen MR) is 118 cm³/mol. The maximum atomic E-state index is 12.8. The van der Waals surface area contributed by atoms with Crippen LogP contribution in [0.4, 0.5) is 0 Å². The van der Waals surface area contributed by atoms with Gasteiger partial charge in [0.05, 0.1) is 12.4 Å². The first-order chi connectivity index (χ1) is 15.1. The second-order valence-corrected chi connectivity index (χ2v) is 7.44. The summed E-state index contributed by atoms with van der Waals surface area (Å²) >= 11 is 7.88. The molecule has 0 aliphatic heterocycles. The molecule has 178 valence electrons. The van der Waals surface area contributed by atoms with Gasteiger partial charge in [-0.2, -0.15) is 25.3 Å². The van der Waals surface area contributed by atoms with Crippen LogP contribution in [0.1, 0.15) is 18.5 Å². The predicted octanol–water partition coefficient (Wildman–Crippen LogP) is -2.46. The molecule has 1 rings (SSSR count). The Hall–Kier alpha value is -2.78. The van der Waals surface area contributed by atoms with Crippen molar-refractivity contribution >= 4 is 54.9 Å². The average molecular weight is 491 g/mol. The van der Waals surface area contributed by atoms with Crippen molar-refractivity contribution in [3.63, 3.8) is 0 Å². The van der Waals surface area contributed by atoms with Gasteiger partial charge in [0.25, 0.3) is 0 Å². The molecule has 0 radical (unpaired) electrons. The number of thiol groups is 2. The molecule has 0 saturated heterocycles. The number of H-pyrrole nitrogens is 1. The van der Waals surface area contributed by atoms with Gasteiger partial charge in [0.2, 0.25) is 17.7 Å². The molecule has 0 aromatic carbocycles. The summed E-state index contributed by atoms with van der Waals surface area (Å²) in [6, 6.07) is -4.82. The van der Waals surface area contributed by atoms with E-state index < -0.39 is 53.8 Å². The minimum absolute atomic E-state index is 0.0292. The van der Waals surface area contributed by atoms with Crippen LogP contribution in [-0.4, -0.2) is 85.5 Å². The van der Waals surface area contributed by atoms with Crippen molar-refractivity contribution in [1.29, 1.82) is 0 Å². The monoisotopic (exact) mass is 490 g/mol. The molecular weight excluding hydrogens is 464 g/mol. The van der Waals surface area contributed by atoms with E-state index in [-0.39, 0.29) is 30.8 Å². The largest absolute Gasteiger partial charge is 0.481 e. The van der Waals surface area contributed by atoms with Crippen molar-refractivity contribution in [3.8, 4) is 0 Å². The molecule has 0 aliphatic rings. The van der Waals surface area contributed by atoms with Gasteiger partial charge in [-0.25, -0.2) is 9.78 Å². The molecule has 32 heavy (non-hydrogen) atoms. The molecular formula is C17H26N6O7S2. The SMILES string of the molecule is NC(CCC(=O)O)C(=O)NC(Cc1cnc[nH]1)C(=O)NC(CS)C(=O)NC(CS)C(=O)O. The second kappa shape index (κ2) is 13.6. The Morgan fingerprint density at radius 2 is 1.53 bits per heavy atom. The number of rotatable bonds is 14. The summed E-state index contributed by atoms with van der Waals surface area (Å²) in [5.74, 6) is -5.04. The van der Waals surface area contributed by atoms with Crippen LogP contribution in [0.5, 0.6) is 0 Å². The molecule has 8 N–H and O–H groups in total. The van der Waals surface area contributed by atoms with E-state index in [1.165, 1.54) is 12.5 Å². The zero-order valence-corrected chi connectivity index (χ0v) is 18.6. The zero-order chi connectivity index (χ0) is 24.3. The van der Waals surface area contributed by atoms with Crippen LogP contribution in [0.2, 0.25) is 0 Å². The van der Waals surface area contributed by atoms with Crippen molar-refractivity contribution in [2.75, 3.05) is 11.5 Å². The fourth-order valence-corrected chi connectivity index (χ4v) is 2.94. The van der Waals surface area contributed by atoms with Crippen LogP contribution >= 0.6 is 25.3 Å². The summed E-state index contributed by atoms with van der Waals surface area (Å²) in [4.78, 5) is 65.9. The Labute approximate surface area is 194 Å². The highest BCUT2D eigenvalue weighted by Gasteiger charge is 2.30. The smallest absolute Gasteiger partial charge is 0.327 e. The van der Waals surface area contributed by atoms with Crippen molar-refractivity contribution < 1.29 is 34.2 Å². The molecule has 3 amide bonds. The first-order valence-corrected chi connectivity index (χ1v) is 10.7. The number of aliphatic carboxylic acids is 2. The second-order valence-electron chi connectivity index (χ2n) is 6.71. The molecule has 0 saturated carbocycles. The number of carboxylic acid groups (broad SMARTS) is 2. The van der Waals surface area contributed by atoms with E-state index in [1.807, 2.05) is 0 Å². The number of hydrogen-bond donors (Lipinski definition) is 9. The normalized spacial score (nSPS) is 14.5. The highest BCUT2D eigenvalue weighted by molar-refractivity contribution is 7.80. The van der Waals surface area contributed by atoms with Crippen molar-refractivity contribution in [1.82, 2.24) is 25.9 Å². The van der Waals surface area contributed by atoms with E-state index in [1.54, 1.807) is 0 Å². The lowest BCUT2D eigenvalue weighted by Crippen LogP contribution is -2.58. The van der Waals surface area contributed by atoms with Crippen LogP contribution in [0.15, 0.2) is 12.5 Å². The number of imidazole rings is 1. The van der Waals surface area contributed by atoms with E-state index in [0.29, 0.717) is 5.69 Å². The molecule has 1 aromatic rings. The maximum absolute atomic E-state index is 12.8. The molecule has 0 spiro atoms. The lowest BCUT2D eigenvalue weighted by Gasteiger charge is -2.24. The van der Waals surface area contributed by atoms with Crippen LogP contribution in [0.25, 0.3) is 0 Å². The topological polar surface area (TPSA) is 217 Å². The summed E-state index contributed by atoms with van der Waals surface area (Å²) in [5.41, 5.74) is 6.19. The third kappa shape index (κ3) is 9.15. The Morgan fingerprint density at radius 3 is 2.03 bits per heavy atom. The molecule has 0 bridgehead atoms. The number of carboxylic acids is 2. The molecule has 0 aliphatic carbocycles. The summed E-state index contributed by atoms with van der Waals surface area (Å²) in [5, 5.41) is 24.9. The summed E-state index contributed by atoms with van der Waals surface area (Å²) in [6.45, 7) is 0. The number of nitrogens with two attached hydrogens (primary N) is 1. The molecule has 13 nitrogen and oxygen atoms in total. The van der Waals surface area contributed by atoms with Crippen LogP contribution in [0.3, 0.4) is 0 Å². The lowest BCUT2D eigenvalue weighted by atomic mass is 10.1. The summed E-state index contributed by atoms with van der Waals surface area (Å²) in [7, 11) is 0. The van der Waals surface area contributed by atoms with E-state index in [9.17, 15) is 24.0 Å². The van der Waals surface area contributed by atoms with Crippen molar-refractivity contribution in [3.05, 3.63) is 18.2 Å². The van der Waals surface area contributed by atoms with Gasteiger partial charge in [0.15, 0.2) is 0 Å². The van der Waals surface area contributed by atoms with Crippen molar-refractivity contribution in [2.24, 2.45) is 5.73 Å². The third-order valence-electron chi connectivity index (χ3n) is 4.23. The minimum Gasteiger partial charge on any atom is -0.481 e. The van der Waals surface area contributed by atoms with Gasteiger partial charge in [0.1, 0.15) is 18.1 Å². The standard InChI is InChI=1S/C17H26N6O7S2/c18-9(1-2-13(24)25)14(26)21-10(3-8-4-19-7-20-8)15(27)22-11(5-31)16(28)23-12(6-32)17(29)30/h4,7,9-12,31-32H,1-3,5-6,18H2,(H,19,20)(H,21,26)(H,22,27)(H,23,28)(H,24,25)(H,29,30). The number of nitrogens with zero attached hydrogens (tertiary/aromatic N) is 1. The third-order valence-corrected chi connectivity index (χ3v) is 4.96. The van der Waals surface area contributed by atoms with Gasteiger partial charge in [-0.15, -0.1) is 0 Å².